The number of carbonyl (C=O) groups excluding carboxylic acids is 1. The molecule has 2 nitrogen and oxygen atoms in total. The molecule has 1 fully saturated rings. The van der Waals surface area contributed by atoms with Gasteiger partial charge in [-0.2, -0.15) is 11.3 Å². The van der Waals surface area contributed by atoms with Crippen LogP contribution in [0, 0.1) is 0 Å². The van der Waals surface area contributed by atoms with Gasteiger partial charge in [0, 0.05) is 16.8 Å². The summed E-state index contributed by atoms with van der Waals surface area (Å²) in [5.41, 5.74) is 1.60. The van der Waals surface area contributed by atoms with Gasteiger partial charge in [0.25, 0.3) is 0 Å². The number of rotatable bonds is 5. The molecule has 1 aliphatic carbocycles. The molecule has 106 valence electrons. The lowest BCUT2D eigenvalue weighted by Crippen LogP contribution is -2.39. The van der Waals surface area contributed by atoms with Crippen LogP contribution < -0.4 is 5.32 Å². The van der Waals surface area contributed by atoms with Crippen LogP contribution in [0.3, 0.4) is 0 Å². The highest BCUT2D eigenvalue weighted by atomic mass is 32.1. The van der Waals surface area contributed by atoms with Crippen molar-refractivity contribution in [3.05, 3.63) is 44.8 Å². The highest BCUT2D eigenvalue weighted by molar-refractivity contribution is 7.10. The van der Waals surface area contributed by atoms with E-state index in [2.05, 4.69) is 22.1 Å². The fourth-order valence-corrected chi connectivity index (χ4v) is 4.57. The average Bonchev–Trinajstić information content (AvgIpc) is 3.18. The lowest BCUT2D eigenvalue weighted by Gasteiger charge is -2.28. The van der Waals surface area contributed by atoms with E-state index in [4.69, 9.17) is 0 Å². The summed E-state index contributed by atoms with van der Waals surface area (Å²) in [6, 6.07) is 6.24. The molecule has 2 heterocycles. The van der Waals surface area contributed by atoms with Gasteiger partial charge in [-0.1, -0.05) is 18.9 Å². The molecule has 1 amide bonds. The van der Waals surface area contributed by atoms with E-state index in [0.717, 1.165) is 11.4 Å². The lowest BCUT2D eigenvalue weighted by atomic mass is 9.80. The van der Waals surface area contributed by atoms with E-state index in [-0.39, 0.29) is 11.3 Å². The maximum Gasteiger partial charge on any atom is 0.225 e. The molecule has 1 aliphatic rings. The highest BCUT2D eigenvalue weighted by Crippen LogP contribution is 2.41. The maximum atomic E-state index is 12.1. The van der Waals surface area contributed by atoms with Crippen LogP contribution >= 0.6 is 22.7 Å². The number of carbonyl (C=O) groups is 1. The molecule has 0 saturated heterocycles. The zero-order valence-electron chi connectivity index (χ0n) is 11.4. The van der Waals surface area contributed by atoms with Gasteiger partial charge in [0.2, 0.25) is 5.91 Å². The Hall–Kier alpha value is -1.13. The third kappa shape index (κ3) is 2.96. The maximum absolute atomic E-state index is 12.1. The molecule has 0 atom stereocenters. The first-order chi connectivity index (χ1) is 9.78. The predicted octanol–water partition coefficient (Wildman–Crippen LogP) is 3.98. The molecule has 1 N–H and O–H groups in total. The van der Waals surface area contributed by atoms with E-state index in [1.54, 1.807) is 22.7 Å². The third-order valence-corrected chi connectivity index (χ3v) is 5.79. The topological polar surface area (TPSA) is 29.1 Å². The minimum Gasteiger partial charge on any atom is -0.355 e. The van der Waals surface area contributed by atoms with Gasteiger partial charge in [-0.15, -0.1) is 11.3 Å². The molecule has 20 heavy (non-hydrogen) atoms. The van der Waals surface area contributed by atoms with E-state index in [1.807, 2.05) is 17.5 Å². The van der Waals surface area contributed by atoms with Crippen molar-refractivity contribution >= 4 is 28.6 Å². The summed E-state index contributed by atoms with van der Waals surface area (Å²) in [7, 11) is 0. The van der Waals surface area contributed by atoms with Gasteiger partial charge in [0.05, 0.1) is 6.42 Å². The zero-order valence-corrected chi connectivity index (χ0v) is 13.1. The Morgan fingerprint density at radius 3 is 2.75 bits per heavy atom. The fourth-order valence-electron chi connectivity index (χ4n) is 3.09. The number of nitrogens with one attached hydrogen (secondary N) is 1. The second-order valence-corrected chi connectivity index (χ2v) is 7.34. The molecule has 0 aromatic carbocycles. The van der Waals surface area contributed by atoms with Crippen molar-refractivity contribution in [1.29, 1.82) is 0 Å². The largest absolute Gasteiger partial charge is 0.355 e. The van der Waals surface area contributed by atoms with Crippen LogP contribution in [0.1, 0.15) is 36.1 Å². The van der Waals surface area contributed by atoms with Crippen LogP contribution in [0.5, 0.6) is 0 Å². The van der Waals surface area contributed by atoms with Gasteiger partial charge in [0.15, 0.2) is 0 Å². The van der Waals surface area contributed by atoms with E-state index in [0.29, 0.717) is 6.42 Å². The second kappa shape index (κ2) is 6.10. The highest BCUT2D eigenvalue weighted by Gasteiger charge is 2.36. The van der Waals surface area contributed by atoms with Crippen LogP contribution in [0.4, 0.5) is 0 Å². The SMILES string of the molecule is O=C(Cc1cccs1)NCC1(c2ccsc2)CCCC1. The summed E-state index contributed by atoms with van der Waals surface area (Å²) in [6.07, 6.45) is 5.46. The van der Waals surface area contributed by atoms with Gasteiger partial charge < -0.3 is 5.32 Å². The van der Waals surface area contributed by atoms with Crippen molar-refractivity contribution < 1.29 is 4.79 Å². The molecule has 4 heteroatoms. The Kier molecular flexibility index (Phi) is 4.22. The van der Waals surface area contributed by atoms with Gasteiger partial charge >= 0.3 is 0 Å². The van der Waals surface area contributed by atoms with Crippen LogP contribution in [-0.2, 0) is 16.6 Å². The minimum atomic E-state index is 0.147. The van der Waals surface area contributed by atoms with Crippen molar-refractivity contribution in [3.8, 4) is 0 Å². The molecule has 1 saturated carbocycles. The summed E-state index contributed by atoms with van der Waals surface area (Å²) < 4.78 is 0. The fraction of sp³-hybridized carbons (Fsp3) is 0.438. The molecule has 0 unspecified atom stereocenters. The number of amides is 1. The van der Waals surface area contributed by atoms with Crippen molar-refractivity contribution in [2.24, 2.45) is 0 Å². The summed E-state index contributed by atoms with van der Waals surface area (Å²) >= 11 is 3.40. The summed E-state index contributed by atoms with van der Waals surface area (Å²) in [4.78, 5) is 13.2. The second-order valence-electron chi connectivity index (χ2n) is 5.53. The quantitative estimate of drug-likeness (QED) is 0.889. The van der Waals surface area contributed by atoms with Crippen LogP contribution in [0.25, 0.3) is 0 Å². The predicted molar refractivity (Wildman–Crippen MR) is 85.5 cm³/mol. The van der Waals surface area contributed by atoms with Crippen LogP contribution in [-0.4, -0.2) is 12.5 Å². The van der Waals surface area contributed by atoms with E-state index in [9.17, 15) is 4.79 Å². The van der Waals surface area contributed by atoms with Gasteiger partial charge in [0.1, 0.15) is 0 Å². The molecule has 0 spiro atoms. The van der Waals surface area contributed by atoms with E-state index < -0.39 is 0 Å². The van der Waals surface area contributed by atoms with Crippen molar-refractivity contribution in [3.63, 3.8) is 0 Å². The van der Waals surface area contributed by atoms with Crippen molar-refractivity contribution in [2.45, 2.75) is 37.5 Å². The normalized spacial score (nSPS) is 17.2. The Morgan fingerprint density at radius 1 is 1.25 bits per heavy atom. The first-order valence-electron chi connectivity index (χ1n) is 7.10. The van der Waals surface area contributed by atoms with Crippen LogP contribution in [0.2, 0.25) is 0 Å². The van der Waals surface area contributed by atoms with Gasteiger partial charge in [-0.25, -0.2) is 0 Å². The number of thiophene rings is 2. The summed E-state index contributed by atoms with van der Waals surface area (Å²) in [6.45, 7) is 0.786. The smallest absolute Gasteiger partial charge is 0.225 e. The molecule has 0 aliphatic heterocycles. The van der Waals surface area contributed by atoms with Gasteiger partial charge in [-0.05, 0) is 46.7 Å². The lowest BCUT2D eigenvalue weighted by molar-refractivity contribution is -0.120. The molecule has 2 aromatic rings. The molecule has 0 radical (unpaired) electrons. The molecular formula is C16H19NOS2. The summed E-state index contributed by atoms with van der Waals surface area (Å²) in [5, 5.41) is 9.57. The number of hydrogen-bond acceptors (Lipinski definition) is 3. The molecular weight excluding hydrogens is 286 g/mol. The molecule has 2 aromatic heterocycles. The first-order valence-corrected chi connectivity index (χ1v) is 8.93. The van der Waals surface area contributed by atoms with Crippen molar-refractivity contribution in [1.82, 2.24) is 5.32 Å². The monoisotopic (exact) mass is 305 g/mol. The molecule has 0 bridgehead atoms. The summed E-state index contributed by atoms with van der Waals surface area (Å²) in [5.74, 6) is 0.147. The minimum absolute atomic E-state index is 0.147. The standard InChI is InChI=1S/C16H19NOS2/c18-15(10-14-4-3-8-20-14)17-12-16(6-1-2-7-16)13-5-9-19-11-13/h3-5,8-9,11H,1-2,6-7,10,12H2,(H,17,18). The van der Waals surface area contributed by atoms with E-state index >= 15 is 0 Å². The Morgan fingerprint density at radius 2 is 2.10 bits per heavy atom. The Labute approximate surface area is 127 Å². The first kappa shape index (κ1) is 13.8. The number of hydrogen-bond donors (Lipinski definition) is 1. The van der Waals surface area contributed by atoms with Crippen LogP contribution in [0.15, 0.2) is 34.3 Å². The Balaban J connectivity index is 1.62. The molecule has 3 rings (SSSR count). The zero-order chi connectivity index (χ0) is 13.8. The van der Waals surface area contributed by atoms with Crippen molar-refractivity contribution in [2.75, 3.05) is 6.54 Å². The third-order valence-electron chi connectivity index (χ3n) is 4.23. The van der Waals surface area contributed by atoms with Gasteiger partial charge in [-0.3, -0.25) is 4.79 Å². The van der Waals surface area contributed by atoms with E-state index in [1.165, 1.54) is 31.2 Å². The average molecular weight is 305 g/mol. The Bertz CT molecular complexity index is 539.